The lowest BCUT2D eigenvalue weighted by atomic mass is 9.77. The van der Waals surface area contributed by atoms with Crippen LogP contribution in [-0.2, 0) is 0 Å². The van der Waals surface area contributed by atoms with E-state index in [1.54, 1.807) is 12.8 Å². The van der Waals surface area contributed by atoms with Gasteiger partial charge >= 0.3 is 0 Å². The van der Waals surface area contributed by atoms with Crippen molar-refractivity contribution in [3.05, 3.63) is 0 Å². The predicted octanol–water partition coefficient (Wildman–Crippen LogP) is 1.27. The van der Waals surface area contributed by atoms with Crippen molar-refractivity contribution < 1.29 is 0 Å². The molecule has 0 radical (unpaired) electrons. The number of hydrogen-bond acceptors (Lipinski definition) is 0. The maximum Gasteiger partial charge on any atom is -0.0226 e. The van der Waals surface area contributed by atoms with E-state index >= 15 is 0 Å². The first-order valence-corrected chi connectivity index (χ1v) is 3.43. The van der Waals surface area contributed by atoms with E-state index in [-0.39, 0.29) is 0 Å². The summed E-state index contributed by atoms with van der Waals surface area (Å²) >= 11 is 0. The lowest BCUT2D eigenvalue weighted by Gasteiger charge is -2.27. The Labute approximate surface area is 42.9 Å². The molecule has 5 unspecified atom stereocenters. The first-order valence-electron chi connectivity index (χ1n) is 3.43. The van der Waals surface area contributed by atoms with Crippen LogP contribution in [0.3, 0.4) is 0 Å². The molecule has 1 spiro atoms. The first-order chi connectivity index (χ1) is 3.43. The number of hydrogen-bond donors (Lipinski definition) is 0. The molecule has 0 heterocycles. The van der Waals surface area contributed by atoms with E-state index in [2.05, 4.69) is 0 Å². The van der Waals surface area contributed by atoms with E-state index < -0.39 is 0 Å². The third-order valence-electron chi connectivity index (χ3n) is 4.15. The van der Waals surface area contributed by atoms with Gasteiger partial charge in [0, 0.05) is 0 Å². The van der Waals surface area contributed by atoms with E-state index in [1.807, 2.05) is 0 Å². The zero-order chi connectivity index (χ0) is 4.22. The third kappa shape index (κ3) is 0.0830. The van der Waals surface area contributed by atoms with Gasteiger partial charge in [-0.15, -0.1) is 0 Å². The van der Waals surface area contributed by atoms with Crippen LogP contribution in [0.15, 0.2) is 0 Å². The van der Waals surface area contributed by atoms with Crippen molar-refractivity contribution >= 4 is 0 Å². The second-order valence-corrected chi connectivity index (χ2v) is 4.01. The SMILES string of the molecule is C1C2C3C4CC14C23. The highest BCUT2D eigenvalue weighted by Crippen LogP contribution is 2.99. The maximum atomic E-state index is 1.66. The minimum absolute atomic E-state index is 1.06. The van der Waals surface area contributed by atoms with Crippen LogP contribution in [-0.4, -0.2) is 0 Å². The topological polar surface area (TPSA) is 0 Å². The first kappa shape index (κ1) is 2.52. The molecule has 0 amide bonds. The Morgan fingerprint density at radius 3 is 2.43 bits per heavy atom. The zero-order valence-electron chi connectivity index (χ0n) is 4.22. The van der Waals surface area contributed by atoms with E-state index in [0.29, 0.717) is 0 Å². The molecule has 7 heavy (non-hydrogen) atoms. The average Bonchev–Trinajstić information content (AvgIpc) is 2.36. The van der Waals surface area contributed by atoms with E-state index in [1.165, 1.54) is 23.7 Å². The Morgan fingerprint density at radius 2 is 2.29 bits per heavy atom. The molecular formula is C7H8. The highest BCUT2D eigenvalue weighted by Gasteiger charge is 2.93. The summed E-state index contributed by atoms with van der Waals surface area (Å²) < 4.78 is 0. The molecule has 4 fully saturated rings. The lowest BCUT2D eigenvalue weighted by molar-refractivity contribution is 0.202. The summed E-state index contributed by atoms with van der Waals surface area (Å²) in [5.41, 5.74) is 1.06. The van der Waals surface area contributed by atoms with Gasteiger partial charge in [0.1, 0.15) is 0 Å². The van der Waals surface area contributed by atoms with Crippen molar-refractivity contribution in [2.75, 3.05) is 0 Å². The van der Waals surface area contributed by atoms with Crippen LogP contribution >= 0.6 is 0 Å². The van der Waals surface area contributed by atoms with Gasteiger partial charge in [-0.3, -0.25) is 0 Å². The molecule has 0 N–H and O–H groups in total. The quantitative estimate of drug-likeness (QED) is 0.422. The molecule has 4 rings (SSSR count). The summed E-state index contributed by atoms with van der Waals surface area (Å²) in [7, 11) is 0. The van der Waals surface area contributed by atoms with Crippen LogP contribution < -0.4 is 0 Å². The minimum Gasteiger partial charge on any atom is -0.0436 e. The summed E-state index contributed by atoms with van der Waals surface area (Å²) in [5, 5.41) is 0. The van der Waals surface area contributed by atoms with Crippen molar-refractivity contribution in [3.63, 3.8) is 0 Å². The fraction of sp³-hybridized carbons (Fsp3) is 1.00. The van der Waals surface area contributed by atoms with E-state index in [4.69, 9.17) is 0 Å². The van der Waals surface area contributed by atoms with Gasteiger partial charge in [-0.25, -0.2) is 0 Å². The molecule has 0 heteroatoms. The van der Waals surface area contributed by atoms with Crippen molar-refractivity contribution in [2.24, 2.45) is 29.1 Å². The van der Waals surface area contributed by atoms with Crippen LogP contribution in [0.25, 0.3) is 0 Å². The molecule has 0 bridgehead atoms. The number of rotatable bonds is 0. The average molecular weight is 92.1 g/mol. The minimum atomic E-state index is 1.06. The van der Waals surface area contributed by atoms with Crippen LogP contribution in [0.1, 0.15) is 12.8 Å². The Hall–Kier alpha value is 0. The van der Waals surface area contributed by atoms with Gasteiger partial charge in [-0.05, 0) is 41.9 Å². The molecule has 0 aliphatic heterocycles. The molecule has 0 aromatic carbocycles. The van der Waals surface area contributed by atoms with Gasteiger partial charge < -0.3 is 0 Å². The predicted molar refractivity (Wildman–Crippen MR) is 25.6 cm³/mol. The molecule has 0 nitrogen and oxygen atoms in total. The summed E-state index contributed by atoms with van der Waals surface area (Å²) in [6, 6.07) is 0. The molecule has 4 aliphatic carbocycles. The fourth-order valence-corrected chi connectivity index (χ4v) is 3.81. The second-order valence-electron chi connectivity index (χ2n) is 4.01. The molecular weight excluding hydrogens is 84.1 g/mol. The third-order valence-corrected chi connectivity index (χ3v) is 4.15. The van der Waals surface area contributed by atoms with E-state index in [9.17, 15) is 0 Å². The van der Waals surface area contributed by atoms with E-state index in [0.717, 1.165) is 5.41 Å². The van der Waals surface area contributed by atoms with Gasteiger partial charge in [0.15, 0.2) is 0 Å². The van der Waals surface area contributed by atoms with Gasteiger partial charge in [-0.1, -0.05) is 0 Å². The van der Waals surface area contributed by atoms with Crippen molar-refractivity contribution in [1.82, 2.24) is 0 Å². The second kappa shape index (κ2) is 0.375. The van der Waals surface area contributed by atoms with Crippen molar-refractivity contribution in [1.29, 1.82) is 0 Å². The monoisotopic (exact) mass is 92.1 g/mol. The highest BCUT2D eigenvalue weighted by molar-refractivity contribution is 5.41. The Balaban J connectivity index is 2.18. The standard InChI is InChI=1S/C7H8/c1-3-5-4-2-7(1,4)6(3)5/h3-6H,1-2H2. The van der Waals surface area contributed by atoms with Crippen molar-refractivity contribution in [3.8, 4) is 0 Å². The number of fused-ring (bicyclic) bond motifs is 2. The molecule has 0 aromatic heterocycles. The molecule has 0 saturated heterocycles. The van der Waals surface area contributed by atoms with Crippen LogP contribution in [0, 0.1) is 29.1 Å². The largest absolute Gasteiger partial charge is 0.0436 e. The van der Waals surface area contributed by atoms with Crippen LogP contribution in [0.5, 0.6) is 0 Å². The molecule has 36 valence electrons. The molecule has 5 atom stereocenters. The summed E-state index contributed by atoms with van der Waals surface area (Å²) in [5.74, 6) is 5.21. The smallest absolute Gasteiger partial charge is 0.0226 e. The lowest BCUT2D eigenvalue weighted by Crippen LogP contribution is -2.22. The molecule has 4 aliphatic rings. The van der Waals surface area contributed by atoms with Gasteiger partial charge in [0.25, 0.3) is 0 Å². The van der Waals surface area contributed by atoms with Crippen LogP contribution in [0.2, 0.25) is 0 Å². The van der Waals surface area contributed by atoms with Gasteiger partial charge in [0.2, 0.25) is 0 Å². The Morgan fingerprint density at radius 1 is 1.29 bits per heavy atom. The molecule has 0 aromatic rings. The summed E-state index contributed by atoms with van der Waals surface area (Å²) in [6.45, 7) is 0. The Bertz CT molecular complexity index is 160. The highest BCUT2D eigenvalue weighted by atomic mass is 15.0. The maximum absolute atomic E-state index is 1.66. The summed E-state index contributed by atoms with van der Waals surface area (Å²) in [4.78, 5) is 0. The normalized spacial score (nSPS) is 96.0. The Kier molecular flexibility index (Phi) is 0.135. The fourth-order valence-electron chi connectivity index (χ4n) is 3.81. The van der Waals surface area contributed by atoms with Crippen molar-refractivity contribution in [2.45, 2.75) is 12.8 Å². The van der Waals surface area contributed by atoms with Crippen LogP contribution in [0.4, 0.5) is 0 Å². The van der Waals surface area contributed by atoms with Gasteiger partial charge in [0.05, 0.1) is 0 Å². The van der Waals surface area contributed by atoms with Gasteiger partial charge in [-0.2, -0.15) is 0 Å². The summed E-state index contributed by atoms with van der Waals surface area (Å²) in [6.07, 6.45) is 3.31. The zero-order valence-corrected chi connectivity index (χ0v) is 4.22. The molecule has 4 saturated carbocycles.